The maximum absolute atomic E-state index is 12.2. The normalized spacial score (nSPS) is 11.8. The highest BCUT2D eigenvalue weighted by Crippen LogP contribution is 2.14. The third-order valence-electron chi connectivity index (χ3n) is 3.94. The van der Waals surface area contributed by atoms with Gasteiger partial charge < -0.3 is 19.8 Å². The molecular formula is C19H24N2O4. The number of H-pyrrole nitrogens is 1. The molecule has 1 heterocycles. The fraction of sp³-hybridized carbons (Fsp3) is 0.368. The van der Waals surface area contributed by atoms with E-state index in [9.17, 15) is 9.59 Å². The van der Waals surface area contributed by atoms with Crippen LogP contribution in [-0.4, -0.2) is 24.1 Å². The zero-order valence-corrected chi connectivity index (χ0v) is 15.0. The van der Waals surface area contributed by atoms with Crippen LogP contribution in [0.1, 0.15) is 29.3 Å². The quantitative estimate of drug-likeness (QED) is 0.807. The summed E-state index contributed by atoms with van der Waals surface area (Å²) in [5.41, 5.74) is 2.95. The van der Waals surface area contributed by atoms with E-state index in [0.29, 0.717) is 12.2 Å². The standard InChI is InChI=1S/C19H24N2O4/c1-12-8-13(2)21-19(23)17(12)10-20-18(22)14(3)25-11-15-6-5-7-16(9-15)24-4/h5-9,14H,10-11H2,1-4H3,(H,20,22)(H,21,23)/t14-/m1/s1. The average Bonchev–Trinajstić information content (AvgIpc) is 2.58. The van der Waals surface area contributed by atoms with Crippen molar-refractivity contribution < 1.29 is 14.3 Å². The molecule has 6 heteroatoms. The molecule has 2 aromatic rings. The molecule has 1 atom stereocenters. The van der Waals surface area contributed by atoms with Gasteiger partial charge in [-0.1, -0.05) is 12.1 Å². The number of hydrogen-bond acceptors (Lipinski definition) is 4. The second kappa shape index (κ2) is 8.48. The van der Waals surface area contributed by atoms with E-state index >= 15 is 0 Å². The summed E-state index contributed by atoms with van der Waals surface area (Å²) in [4.78, 5) is 26.9. The van der Waals surface area contributed by atoms with Crippen LogP contribution in [-0.2, 0) is 22.7 Å². The van der Waals surface area contributed by atoms with E-state index < -0.39 is 6.10 Å². The van der Waals surface area contributed by atoms with E-state index in [-0.39, 0.29) is 18.0 Å². The molecule has 0 unspecified atom stereocenters. The highest BCUT2D eigenvalue weighted by molar-refractivity contribution is 5.80. The molecule has 0 bridgehead atoms. The maximum atomic E-state index is 12.2. The van der Waals surface area contributed by atoms with Gasteiger partial charge in [-0.3, -0.25) is 9.59 Å². The zero-order valence-electron chi connectivity index (χ0n) is 15.0. The number of hydrogen-bond donors (Lipinski definition) is 2. The Hall–Kier alpha value is -2.60. The first-order chi connectivity index (χ1) is 11.9. The Morgan fingerprint density at radius 3 is 2.72 bits per heavy atom. The van der Waals surface area contributed by atoms with Gasteiger partial charge in [0.2, 0.25) is 5.91 Å². The van der Waals surface area contributed by atoms with Gasteiger partial charge in [0.05, 0.1) is 13.7 Å². The molecule has 1 aromatic carbocycles. The van der Waals surface area contributed by atoms with Crippen molar-refractivity contribution >= 4 is 5.91 Å². The summed E-state index contributed by atoms with van der Waals surface area (Å²) in [6.45, 7) is 5.84. The van der Waals surface area contributed by atoms with E-state index in [0.717, 1.165) is 22.6 Å². The fourth-order valence-electron chi connectivity index (χ4n) is 2.48. The van der Waals surface area contributed by atoms with Crippen molar-refractivity contribution in [1.29, 1.82) is 0 Å². The molecular weight excluding hydrogens is 320 g/mol. The van der Waals surface area contributed by atoms with Crippen LogP contribution in [0.25, 0.3) is 0 Å². The number of aromatic amines is 1. The molecule has 0 fully saturated rings. The Morgan fingerprint density at radius 1 is 1.28 bits per heavy atom. The van der Waals surface area contributed by atoms with Crippen LogP contribution >= 0.6 is 0 Å². The van der Waals surface area contributed by atoms with Crippen LogP contribution in [0, 0.1) is 13.8 Å². The lowest BCUT2D eigenvalue weighted by Gasteiger charge is -2.14. The van der Waals surface area contributed by atoms with Crippen molar-refractivity contribution in [3.8, 4) is 5.75 Å². The smallest absolute Gasteiger partial charge is 0.253 e. The van der Waals surface area contributed by atoms with Gasteiger partial charge in [0.1, 0.15) is 11.9 Å². The molecule has 0 aliphatic carbocycles. The summed E-state index contributed by atoms with van der Waals surface area (Å²) >= 11 is 0. The van der Waals surface area contributed by atoms with Gasteiger partial charge in [0.15, 0.2) is 0 Å². The molecule has 0 saturated carbocycles. The monoisotopic (exact) mass is 344 g/mol. The Labute approximate surface area is 147 Å². The first-order valence-electron chi connectivity index (χ1n) is 8.12. The number of methoxy groups -OCH3 is 1. The average molecular weight is 344 g/mol. The molecule has 25 heavy (non-hydrogen) atoms. The summed E-state index contributed by atoms with van der Waals surface area (Å²) in [6.07, 6.45) is -0.629. The first kappa shape index (κ1) is 18.7. The van der Waals surface area contributed by atoms with Crippen molar-refractivity contribution in [3.05, 3.63) is 63.1 Å². The number of aryl methyl sites for hydroxylation is 2. The van der Waals surface area contributed by atoms with Gasteiger partial charge in [-0.05, 0) is 50.1 Å². The lowest BCUT2D eigenvalue weighted by molar-refractivity contribution is -0.132. The number of rotatable bonds is 7. The number of nitrogens with one attached hydrogen (secondary N) is 2. The molecule has 0 aliphatic heterocycles. The van der Waals surface area contributed by atoms with Gasteiger partial charge in [0, 0.05) is 17.8 Å². The van der Waals surface area contributed by atoms with Crippen LogP contribution in [0.15, 0.2) is 35.1 Å². The minimum Gasteiger partial charge on any atom is -0.497 e. The predicted molar refractivity (Wildman–Crippen MR) is 95.6 cm³/mol. The highest BCUT2D eigenvalue weighted by Gasteiger charge is 2.15. The SMILES string of the molecule is COc1cccc(CO[C@H](C)C(=O)NCc2c(C)cc(C)[nH]c2=O)c1. The summed E-state index contributed by atoms with van der Waals surface area (Å²) in [5, 5.41) is 2.75. The zero-order chi connectivity index (χ0) is 18.4. The van der Waals surface area contributed by atoms with E-state index in [4.69, 9.17) is 9.47 Å². The third kappa shape index (κ3) is 5.19. The van der Waals surface area contributed by atoms with Crippen LogP contribution in [0.3, 0.4) is 0 Å². The highest BCUT2D eigenvalue weighted by atomic mass is 16.5. The fourth-order valence-corrected chi connectivity index (χ4v) is 2.48. The second-order valence-corrected chi connectivity index (χ2v) is 5.97. The van der Waals surface area contributed by atoms with Crippen molar-refractivity contribution in [3.63, 3.8) is 0 Å². The molecule has 0 aliphatic rings. The third-order valence-corrected chi connectivity index (χ3v) is 3.94. The van der Waals surface area contributed by atoms with Gasteiger partial charge >= 0.3 is 0 Å². The lowest BCUT2D eigenvalue weighted by Crippen LogP contribution is -2.35. The number of benzene rings is 1. The molecule has 6 nitrogen and oxygen atoms in total. The Morgan fingerprint density at radius 2 is 2.04 bits per heavy atom. The summed E-state index contributed by atoms with van der Waals surface area (Å²) in [7, 11) is 1.60. The van der Waals surface area contributed by atoms with Crippen LogP contribution in [0.2, 0.25) is 0 Å². The van der Waals surface area contributed by atoms with E-state index in [2.05, 4.69) is 10.3 Å². The number of ether oxygens (including phenoxy) is 2. The number of carbonyl (C=O) groups is 1. The van der Waals surface area contributed by atoms with E-state index in [1.165, 1.54) is 0 Å². The summed E-state index contributed by atoms with van der Waals surface area (Å²) in [5.74, 6) is 0.481. The van der Waals surface area contributed by atoms with E-state index in [1.54, 1.807) is 14.0 Å². The second-order valence-electron chi connectivity index (χ2n) is 5.97. The molecule has 0 radical (unpaired) electrons. The van der Waals surface area contributed by atoms with Crippen molar-refractivity contribution in [2.45, 2.75) is 40.0 Å². The minimum absolute atomic E-state index is 0.174. The van der Waals surface area contributed by atoms with Crippen LogP contribution in [0.4, 0.5) is 0 Å². The van der Waals surface area contributed by atoms with Crippen LogP contribution in [0.5, 0.6) is 5.75 Å². The molecule has 1 aromatic heterocycles. The summed E-state index contributed by atoms with van der Waals surface area (Å²) < 4.78 is 10.8. The van der Waals surface area contributed by atoms with E-state index in [1.807, 2.05) is 44.2 Å². The number of amides is 1. The van der Waals surface area contributed by atoms with Crippen LogP contribution < -0.4 is 15.6 Å². The number of pyridine rings is 1. The van der Waals surface area contributed by atoms with Gasteiger partial charge in [0.25, 0.3) is 5.56 Å². The lowest BCUT2D eigenvalue weighted by atomic mass is 10.1. The Kier molecular flexibility index (Phi) is 6.36. The molecule has 134 valence electrons. The number of aromatic nitrogens is 1. The molecule has 2 rings (SSSR count). The number of carbonyl (C=O) groups excluding carboxylic acids is 1. The molecule has 0 spiro atoms. The Bertz CT molecular complexity index is 798. The molecule has 0 saturated heterocycles. The van der Waals surface area contributed by atoms with Crippen molar-refractivity contribution in [2.24, 2.45) is 0 Å². The molecule has 1 amide bonds. The van der Waals surface area contributed by atoms with Gasteiger partial charge in [-0.25, -0.2) is 0 Å². The van der Waals surface area contributed by atoms with Crippen molar-refractivity contribution in [2.75, 3.05) is 7.11 Å². The van der Waals surface area contributed by atoms with Crippen molar-refractivity contribution in [1.82, 2.24) is 10.3 Å². The topological polar surface area (TPSA) is 80.4 Å². The minimum atomic E-state index is -0.629. The van der Waals surface area contributed by atoms with Gasteiger partial charge in [-0.15, -0.1) is 0 Å². The summed E-state index contributed by atoms with van der Waals surface area (Å²) in [6, 6.07) is 9.36. The Balaban J connectivity index is 1.89. The van der Waals surface area contributed by atoms with Gasteiger partial charge in [-0.2, -0.15) is 0 Å². The largest absolute Gasteiger partial charge is 0.497 e. The first-order valence-corrected chi connectivity index (χ1v) is 8.12. The molecule has 2 N–H and O–H groups in total. The maximum Gasteiger partial charge on any atom is 0.253 e. The predicted octanol–water partition coefficient (Wildman–Crippen LogP) is 2.22.